The first kappa shape index (κ1) is 19.2. The standard InChI is InChI=1S/C19H19N3O6/c1-12-15(16-17(28-12)21-11-22(2)18(16)24)19(25)27-10-14(23)20-8-9-26-13-6-4-3-5-7-13/h3-7,11H,8-10H2,1-2H3,(H,20,23). The highest BCUT2D eigenvalue weighted by molar-refractivity contribution is 6.03. The zero-order valence-corrected chi connectivity index (χ0v) is 15.4. The first-order valence-corrected chi connectivity index (χ1v) is 8.53. The number of nitrogens with one attached hydrogen (secondary N) is 1. The van der Waals surface area contributed by atoms with E-state index in [2.05, 4.69) is 10.3 Å². The van der Waals surface area contributed by atoms with E-state index in [1.807, 2.05) is 18.2 Å². The molecule has 9 nitrogen and oxygen atoms in total. The molecule has 1 N–H and O–H groups in total. The Labute approximate surface area is 159 Å². The van der Waals surface area contributed by atoms with E-state index in [0.29, 0.717) is 5.75 Å². The summed E-state index contributed by atoms with van der Waals surface area (Å²) in [6, 6.07) is 9.18. The molecule has 0 radical (unpaired) electrons. The van der Waals surface area contributed by atoms with Crippen molar-refractivity contribution < 1.29 is 23.5 Å². The first-order valence-electron chi connectivity index (χ1n) is 8.53. The minimum Gasteiger partial charge on any atom is -0.492 e. The quantitative estimate of drug-likeness (QED) is 0.480. The van der Waals surface area contributed by atoms with Crippen molar-refractivity contribution in [1.29, 1.82) is 0 Å². The maximum absolute atomic E-state index is 12.4. The van der Waals surface area contributed by atoms with Gasteiger partial charge in [0, 0.05) is 7.05 Å². The number of ether oxygens (including phenoxy) is 2. The van der Waals surface area contributed by atoms with E-state index in [0.717, 1.165) is 0 Å². The number of esters is 1. The van der Waals surface area contributed by atoms with Crippen molar-refractivity contribution >= 4 is 23.0 Å². The van der Waals surface area contributed by atoms with Crippen molar-refractivity contribution in [1.82, 2.24) is 14.9 Å². The summed E-state index contributed by atoms with van der Waals surface area (Å²) >= 11 is 0. The van der Waals surface area contributed by atoms with E-state index < -0.39 is 24.0 Å². The predicted molar refractivity (Wildman–Crippen MR) is 99.2 cm³/mol. The van der Waals surface area contributed by atoms with Crippen molar-refractivity contribution in [2.75, 3.05) is 19.8 Å². The molecule has 2 aromatic heterocycles. The second-order valence-corrected chi connectivity index (χ2v) is 5.96. The van der Waals surface area contributed by atoms with Crippen LogP contribution >= 0.6 is 0 Å². The van der Waals surface area contributed by atoms with Gasteiger partial charge in [-0.05, 0) is 19.1 Å². The van der Waals surface area contributed by atoms with Crippen LogP contribution in [0, 0.1) is 6.92 Å². The number of aromatic nitrogens is 2. The molecule has 1 amide bonds. The molecule has 3 rings (SSSR count). The van der Waals surface area contributed by atoms with Crippen molar-refractivity contribution in [2.45, 2.75) is 6.92 Å². The van der Waals surface area contributed by atoms with Crippen LogP contribution in [0.4, 0.5) is 0 Å². The zero-order valence-electron chi connectivity index (χ0n) is 15.4. The number of amides is 1. The fraction of sp³-hybridized carbons (Fsp3) is 0.263. The highest BCUT2D eigenvalue weighted by Gasteiger charge is 2.24. The van der Waals surface area contributed by atoms with E-state index >= 15 is 0 Å². The Balaban J connectivity index is 1.53. The molecule has 0 saturated heterocycles. The Morgan fingerprint density at radius 2 is 2.00 bits per heavy atom. The summed E-state index contributed by atoms with van der Waals surface area (Å²) < 4.78 is 17.0. The van der Waals surface area contributed by atoms with Crippen LogP contribution in [0.1, 0.15) is 16.1 Å². The third-order valence-corrected chi connectivity index (χ3v) is 3.92. The molecule has 146 valence electrons. The summed E-state index contributed by atoms with van der Waals surface area (Å²) in [4.78, 5) is 40.4. The van der Waals surface area contributed by atoms with Gasteiger partial charge in [0.25, 0.3) is 11.5 Å². The van der Waals surface area contributed by atoms with Crippen molar-refractivity contribution in [3.8, 4) is 5.75 Å². The number of benzene rings is 1. The number of fused-ring (bicyclic) bond motifs is 1. The number of rotatable bonds is 7. The van der Waals surface area contributed by atoms with Gasteiger partial charge in [-0.25, -0.2) is 9.78 Å². The molecule has 0 atom stereocenters. The maximum atomic E-state index is 12.4. The molecular weight excluding hydrogens is 366 g/mol. The lowest BCUT2D eigenvalue weighted by molar-refractivity contribution is -0.124. The van der Waals surface area contributed by atoms with Gasteiger partial charge in [-0.2, -0.15) is 0 Å². The number of hydrogen-bond donors (Lipinski definition) is 1. The van der Waals surface area contributed by atoms with E-state index in [1.54, 1.807) is 12.1 Å². The average molecular weight is 385 g/mol. The second-order valence-electron chi connectivity index (χ2n) is 5.96. The highest BCUT2D eigenvalue weighted by atomic mass is 16.5. The van der Waals surface area contributed by atoms with Gasteiger partial charge >= 0.3 is 5.97 Å². The molecule has 0 fully saturated rings. The Morgan fingerprint density at radius 3 is 2.75 bits per heavy atom. The number of carbonyl (C=O) groups excluding carboxylic acids is 2. The molecule has 0 spiro atoms. The average Bonchev–Trinajstić information content (AvgIpc) is 3.04. The number of furan rings is 1. The lowest BCUT2D eigenvalue weighted by atomic mass is 10.2. The molecule has 28 heavy (non-hydrogen) atoms. The summed E-state index contributed by atoms with van der Waals surface area (Å²) in [5, 5.41) is 2.61. The summed E-state index contributed by atoms with van der Waals surface area (Å²) in [7, 11) is 1.51. The lowest BCUT2D eigenvalue weighted by Crippen LogP contribution is -2.32. The van der Waals surface area contributed by atoms with E-state index in [1.165, 1.54) is 24.9 Å². The number of aryl methyl sites for hydroxylation is 2. The monoisotopic (exact) mass is 385 g/mol. The molecule has 9 heteroatoms. The van der Waals surface area contributed by atoms with Crippen LogP contribution in [0.3, 0.4) is 0 Å². The van der Waals surface area contributed by atoms with Gasteiger partial charge in [-0.15, -0.1) is 0 Å². The minimum absolute atomic E-state index is 0.0242. The second kappa shape index (κ2) is 8.38. The molecule has 0 aliphatic heterocycles. The Hall–Kier alpha value is -3.62. The largest absolute Gasteiger partial charge is 0.492 e. The SMILES string of the molecule is Cc1oc2ncn(C)c(=O)c2c1C(=O)OCC(=O)NCCOc1ccccc1. The summed E-state index contributed by atoms with van der Waals surface area (Å²) in [6.07, 6.45) is 1.30. The molecular formula is C19H19N3O6. The Morgan fingerprint density at radius 1 is 1.25 bits per heavy atom. The molecule has 0 bridgehead atoms. The van der Waals surface area contributed by atoms with E-state index in [-0.39, 0.29) is 35.6 Å². The summed E-state index contributed by atoms with van der Waals surface area (Å²) in [5.74, 6) is -0.410. The van der Waals surface area contributed by atoms with Crippen LogP contribution in [0.15, 0.2) is 45.9 Å². The number of para-hydroxylation sites is 1. The number of carbonyl (C=O) groups is 2. The van der Waals surface area contributed by atoms with Gasteiger partial charge < -0.3 is 23.8 Å². The van der Waals surface area contributed by atoms with Crippen molar-refractivity contribution in [2.24, 2.45) is 7.05 Å². The highest BCUT2D eigenvalue weighted by Crippen LogP contribution is 2.21. The number of hydrogen-bond acceptors (Lipinski definition) is 7. The van der Waals surface area contributed by atoms with Crippen molar-refractivity contribution in [3.05, 3.63) is 58.3 Å². The minimum atomic E-state index is -0.822. The maximum Gasteiger partial charge on any atom is 0.343 e. The van der Waals surface area contributed by atoms with Gasteiger partial charge in [-0.3, -0.25) is 9.59 Å². The van der Waals surface area contributed by atoms with Gasteiger partial charge in [0.05, 0.1) is 6.54 Å². The third-order valence-electron chi connectivity index (χ3n) is 3.92. The molecule has 2 heterocycles. The third kappa shape index (κ3) is 4.20. The Kier molecular flexibility index (Phi) is 5.73. The first-order chi connectivity index (χ1) is 13.5. The van der Waals surface area contributed by atoms with E-state index in [9.17, 15) is 14.4 Å². The summed E-state index contributed by atoms with van der Waals surface area (Å²) in [5.41, 5.74) is -0.407. The molecule has 0 aliphatic rings. The van der Waals surface area contributed by atoms with Crippen LogP contribution in [-0.4, -0.2) is 41.2 Å². The van der Waals surface area contributed by atoms with Crippen LogP contribution in [-0.2, 0) is 16.6 Å². The lowest BCUT2D eigenvalue weighted by Gasteiger charge is -2.08. The van der Waals surface area contributed by atoms with Crippen LogP contribution in [0.25, 0.3) is 11.1 Å². The predicted octanol–water partition coefficient (Wildman–Crippen LogP) is 1.19. The normalized spacial score (nSPS) is 10.6. The van der Waals surface area contributed by atoms with Crippen LogP contribution in [0.5, 0.6) is 5.75 Å². The summed E-state index contributed by atoms with van der Waals surface area (Å²) in [6.45, 7) is 1.57. The van der Waals surface area contributed by atoms with Gasteiger partial charge in [0.1, 0.15) is 35.4 Å². The fourth-order valence-electron chi connectivity index (χ4n) is 2.56. The fourth-order valence-corrected chi connectivity index (χ4v) is 2.56. The molecule has 1 aromatic carbocycles. The van der Waals surface area contributed by atoms with Crippen LogP contribution in [0.2, 0.25) is 0 Å². The number of nitrogens with zero attached hydrogens (tertiary/aromatic N) is 2. The van der Waals surface area contributed by atoms with Gasteiger partial charge in [0.2, 0.25) is 5.71 Å². The smallest absolute Gasteiger partial charge is 0.343 e. The molecule has 3 aromatic rings. The molecule has 0 aliphatic carbocycles. The molecule has 0 unspecified atom stereocenters. The van der Waals surface area contributed by atoms with Crippen molar-refractivity contribution in [3.63, 3.8) is 0 Å². The van der Waals surface area contributed by atoms with Gasteiger partial charge in [-0.1, -0.05) is 18.2 Å². The zero-order chi connectivity index (χ0) is 20.1. The topological polar surface area (TPSA) is 113 Å². The van der Waals surface area contributed by atoms with Crippen LogP contribution < -0.4 is 15.6 Å². The van der Waals surface area contributed by atoms with Gasteiger partial charge in [0.15, 0.2) is 6.61 Å². The molecule has 0 saturated carbocycles. The Bertz CT molecular complexity index is 1050. The van der Waals surface area contributed by atoms with E-state index in [4.69, 9.17) is 13.9 Å².